The molecule has 1 unspecified atom stereocenters. The van der Waals surface area contributed by atoms with Crippen molar-refractivity contribution in [1.82, 2.24) is 5.32 Å². The van der Waals surface area contributed by atoms with Gasteiger partial charge in [0.15, 0.2) is 0 Å². The van der Waals surface area contributed by atoms with Crippen molar-refractivity contribution in [2.45, 2.75) is 10.9 Å². The summed E-state index contributed by atoms with van der Waals surface area (Å²) in [7, 11) is 3.27. The Morgan fingerprint density at radius 2 is 2.15 bits per heavy atom. The van der Waals surface area contributed by atoms with Crippen molar-refractivity contribution in [3.8, 4) is 0 Å². The molecule has 0 heterocycles. The number of ether oxygens (including phenoxy) is 2. The zero-order valence-corrected chi connectivity index (χ0v) is 9.06. The van der Waals surface area contributed by atoms with E-state index < -0.39 is 10.8 Å². The summed E-state index contributed by atoms with van der Waals surface area (Å²) in [5.74, 6) is -0.652. The van der Waals surface area contributed by atoms with E-state index in [0.717, 1.165) is 0 Å². The van der Waals surface area contributed by atoms with Crippen molar-refractivity contribution in [2.24, 2.45) is 0 Å². The fourth-order valence-electron chi connectivity index (χ4n) is 0.764. The highest BCUT2D eigenvalue weighted by Gasteiger charge is 2.18. The van der Waals surface area contributed by atoms with Crippen LogP contribution in [0, 0.1) is 0 Å². The molecule has 0 amide bonds. The second kappa shape index (κ2) is 7.38. The molecule has 0 aromatic heterocycles. The molecule has 0 radical (unpaired) electrons. The Morgan fingerprint density at radius 1 is 1.54 bits per heavy atom. The molecule has 0 bridgehead atoms. The van der Waals surface area contributed by atoms with E-state index in [4.69, 9.17) is 32.7 Å². The molecule has 0 spiro atoms. The minimum atomic E-state index is -1.14. The number of esters is 1. The number of alkyl halides is 2. The Hall–Kier alpha value is -0.0300. The van der Waals surface area contributed by atoms with Crippen molar-refractivity contribution < 1.29 is 14.3 Å². The molecule has 4 nitrogen and oxygen atoms in total. The van der Waals surface area contributed by atoms with Crippen LogP contribution in [-0.4, -0.2) is 44.2 Å². The number of nitrogens with one attached hydrogen (secondary N) is 1. The largest absolute Gasteiger partial charge is 0.457 e. The van der Waals surface area contributed by atoms with Gasteiger partial charge >= 0.3 is 5.97 Å². The Morgan fingerprint density at radius 3 is 2.54 bits per heavy atom. The number of hydrogen-bond donors (Lipinski definition) is 1. The third-order valence-electron chi connectivity index (χ3n) is 1.25. The maximum Gasteiger partial charge on any atom is 0.339 e. The first-order valence-corrected chi connectivity index (χ1v) is 4.61. The third-order valence-corrected chi connectivity index (χ3v) is 1.60. The number of methoxy groups -OCH3 is 1. The van der Waals surface area contributed by atoms with Crippen LogP contribution < -0.4 is 5.32 Å². The van der Waals surface area contributed by atoms with E-state index in [1.165, 1.54) is 7.11 Å². The zero-order valence-electron chi connectivity index (χ0n) is 7.55. The molecular formula is C7H13Cl2NO3. The van der Waals surface area contributed by atoms with Crippen LogP contribution in [0.2, 0.25) is 0 Å². The molecule has 1 atom stereocenters. The molecule has 0 rings (SSSR count). The highest BCUT2D eigenvalue weighted by atomic mass is 35.5. The van der Waals surface area contributed by atoms with Crippen molar-refractivity contribution in [1.29, 1.82) is 0 Å². The van der Waals surface area contributed by atoms with Gasteiger partial charge in [-0.05, 0) is 7.05 Å². The maximum atomic E-state index is 10.9. The van der Waals surface area contributed by atoms with Gasteiger partial charge in [0.2, 0.25) is 4.84 Å². The minimum Gasteiger partial charge on any atom is -0.457 e. The van der Waals surface area contributed by atoms with Gasteiger partial charge in [0.25, 0.3) is 0 Å². The van der Waals surface area contributed by atoms with Crippen LogP contribution >= 0.6 is 23.2 Å². The summed E-state index contributed by atoms with van der Waals surface area (Å²) in [6.07, 6.45) is -0.359. The second-order valence-corrected chi connectivity index (χ2v) is 3.47. The molecule has 1 N–H and O–H groups in total. The first kappa shape index (κ1) is 13.0. The summed E-state index contributed by atoms with van der Waals surface area (Å²) < 4.78 is 9.74. The van der Waals surface area contributed by atoms with Gasteiger partial charge < -0.3 is 14.8 Å². The van der Waals surface area contributed by atoms with Crippen molar-refractivity contribution in [3.05, 3.63) is 0 Å². The van der Waals surface area contributed by atoms with Crippen LogP contribution in [-0.2, 0) is 14.3 Å². The van der Waals surface area contributed by atoms with Gasteiger partial charge in [-0.3, -0.25) is 0 Å². The quantitative estimate of drug-likeness (QED) is 0.535. The average Bonchev–Trinajstić information content (AvgIpc) is 2.05. The number of likely N-dealkylation sites (N-methyl/N-ethyl adjacent to an activating group) is 1. The van der Waals surface area contributed by atoms with Crippen LogP contribution in [0.15, 0.2) is 0 Å². The monoisotopic (exact) mass is 229 g/mol. The number of hydrogen-bond acceptors (Lipinski definition) is 4. The number of rotatable bonds is 6. The van der Waals surface area contributed by atoms with E-state index in [1.54, 1.807) is 7.05 Å². The second-order valence-electron chi connectivity index (χ2n) is 2.37. The summed E-state index contributed by atoms with van der Waals surface area (Å²) in [6.45, 7) is 0.813. The van der Waals surface area contributed by atoms with Crippen LogP contribution in [0.25, 0.3) is 0 Å². The molecular weight excluding hydrogens is 217 g/mol. The molecule has 0 aliphatic carbocycles. The molecule has 0 fully saturated rings. The predicted molar refractivity (Wildman–Crippen MR) is 51.2 cm³/mol. The van der Waals surface area contributed by atoms with E-state index in [1.807, 2.05) is 0 Å². The van der Waals surface area contributed by atoms with Gasteiger partial charge in [-0.2, -0.15) is 0 Å². The lowest BCUT2D eigenvalue weighted by Crippen LogP contribution is -2.34. The molecule has 6 heteroatoms. The van der Waals surface area contributed by atoms with Crippen molar-refractivity contribution >= 4 is 29.2 Å². The molecule has 0 saturated carbocycles. The highest BCUT2D eigenvalue weighted by molar-refractivity contribution is 6.52. The molecule has 0 aromatic carbocycles. The standard InChI is InChI=1S/C7H13Cl2NO3/c1-10-3-5(4-12-2)13-7(11)6(8)9/h5-6,10H,3-4H2,1-2H3. The van der Waals surface area contributed by atoms with Crippen LogP contribution in [0.4, 0.5) is 0 Å². The van der Waals surface area contributed by atoms with Crippen molar-refractivity contribution in [3.63, 3.8) is 0 Å². The summed E-state index contributed by atoms with van der Waals surface area (Å²) in [5, 5.41) is 2.85. The smallest absolute Gasteiger partial charge is 0.339 e. The molecule has 13 heavy (non-hydrogen) atoms. The van der Waals surface area contributed by atoms with Crippen molar-refractivity contribution in [2.75, 3.05) is 27.3 Å². The first-order valence-electron chi connectivity index (χ1n) is 3.74. The summed E-state index contributed by atoms with van der Waals surface area (Å²) in [5.41, 5.74) is 0. The summed E-state index contributed by atoms with van der Waals surface area (Å²) >= 11 is 10.6. The van der Waals surface area contributed by atoms with Gasteiger partial charge in [-0.15, -0.1) is 0 Å². The van der Waals surface area contributed by atoms with E-state index in [0.29, 0.717) is 13.2 Å². The molecule has 0 saturated heterocycles. The SMILES string of the molecule is CNCC(COC)OC(=O)C(Cl)Cl. The average molecular weight is 230 g/mol. The lowest BCUT2D eigenvalue weighted by Gasteiger charge is -2.16. The first-order chi connectivity index (χ1) is 6.11. The van der Waals surface area contributed by atoms with E-state index in [-0.39, 0.29) is 6.10 Å². The fourth-order valence-corrected chi connectivity index (χ4v) is 0.867. The molecule has 78 valence electrons. The Kier molecular flexibility index (Phi) is 7.36. The maximum absolute atomic E-state index is 10.9. The number of carbonyl (C=O) groups excluding carboxylic acids is 1. The van der Waals surface area contributed by atoms with Gasteiger partial charge in [0, 0.05) is 13.7 Å². The Balaban J connectivity index is 3.86. The fraction of sp³-hybridized carbons (Fsp3) is 0.857. The van der Waals surface area contributed by atoms with E-state index in [2.05, 4.69) is 5.32 Å². The van der Waals surface area contributed by atoms with Crippen LogP contribution in [0.5, 0.6) is 0 Å². The third kappa shape index (κ3) is 6.10. The van der Waals surface area contributed by atoms with Gasteiger partial charge in [0.1, 0.15) is 6.10 Å². The van der Waals surface area contributed by atoms with E-state index in [9.17, 15) is 4.79 Å². The summed E-state index contributed by atoms with van der Waals surface area (Å²) in [6, 6.07) is 0. The number of carbonyl (C=O) groups is 1. The molecule has 0 aliphatic heterocycles. The van der Waals surface area contributed by atoms with Gasteiger partial charge in [-0.1, -0.05) is 23.2 Å². The number of halogens is 2. The minimum absolute atomic E-state index is 0.313. The lowest BCUT2D eigenvalue weighted by molar-refractivity contribution is -0.149. The van der Waals surface area contributed by atoms with E-state index >= 15 is 0 Å². The molecule has 0 aliphatic rings. The Bertz CT molecular complexity index is 149. The van der Waals surface area contributed by atoms with Crippen LogP contribution in [0.3, 0.4) is 0 Å². The topological polar surface area (TPSA) is 47.6 Å². The molecule has 0 aromatic rings. The van der Waals surface area contributed by atoms with Gasteiger partial charge in [0.05, 0.1) is 6.61 Å². The van der Waals surface area contributed by atoms with Crippen LogP contribution in [0.1, 0.15) is 0 Å². The Labute approximate surface area is 87.5 Å². The summed E-state index contributed by atoms with van der Waals surface area (Å²) in [4.78, 5) is 9.79. The highest BCUT2D eigenvalue weighted by Crippen LogP contribution is 2.06. The zero-order chi connectivity index (χ0) is 10.3. The predicted octanol–water partition coefficient (Wildman–Crippen LogP) is 0.568. The van der Waals surface area contributed by atoms with Gasteiger partial charge in [-0.25, -0.2) is 4.79 Å². The lowest BCUT2D eigenvalue weighted by atomic mass is 10.4. The normalized spacial score (nSPS) is 13.0.